The molecule has 1 fully saturated rings. The zero-order valence-electron chi connectivity index (χ0n) is 16.5. The van der Waals surface area contributed by atoms with Crippen LogP contribution < -0.4 is 5.56 Å². The van der Waals surface area contributed by atoms with Gasteiger partial charge in [-0.1, -0.05) is 0 Å². The molecule has 1 aliphatic heterocycles. The largest absolute Gasteiger partial charge is 0.481 e. The first-order chi connectivity index (χ1) is 15.2. The van der Waals surface area contributed by atoms with Crippen LogP contribution in [-0.2, 0) is 22.7 Å². The van der Waals surface area contributed by atoms with Gasteiger partial charge in [-0.25, -0.2) is 23.3 Å². The van der Waals surface area contributed by atoms with Gasteiger partial charge in [-0.3, -0.25) is 9.32 Å². The van der Waals surface area contributed by atoms with Gasteiger partial charge in [0.1, 0.15) is 29.1 Å². The second kappa shape index (κ2) is 7.99. The molecular formula is C15H17FN4O11P2. The molecule has 15 nitrogen and oxygen atoms in total. The predicted molar refractivity (Wildman–Crippen MR) is 105 cm³/mol. The molecule has 6 N–H and O–H groups in total. The zero-order valence-corrected chi connectivity index (χ0v) is 18.3. The number of aliphatic hydroxyl groups excluding tert-OH is 1. The molecule has 180 valence electrons. The van der Waals surface area contributed by atoms with Gasteiger partial charge in [0.15, 0.2) is 6.23 Å². The fraction of sp³-hybridized carbons (Fsp3) is 0.400. The van der Waals surface area contributed by atoms with E-state index >= 15 is 0 Å². The summed E-state index contributed by atoms with van der Waals surface area (Å²) in [6.07, 6.45) is -2.25. The number of halogens is 1. The number of aliphatic hydroxyl groups is 2. The Hall–Kier alpha value is -2.10. The maximum Gasteiger partial charge on any atom is 0.481 e. The first-order valence-electron chi connectivity index (χ1n) is 9.04. The minimum absolute atomic E-state index is 0.0493. The lowest BCUT2D eigenvalue weighted by Gasteiger charge is -2.27. The molecule has 2 aromatic heterocycles. The SMILES string of the molecule is C[C@@]1(O)[C@H](O)[C@@H](COP(=O)(O)OP(=O)(O)O)O[C@H]1n1cc2cc(F)c3c(=O)[nH]ncc(n1)c23. The molecule has 1 saturated heterocycles. The molecule has 33 heavy (non-hydrogen) atoms. The summed E-state index contributed by atoms with van der Waals surface area (Å²) in [5.41, 5.74) is -2.80. The molecule has 0 aliphatic carbocycles. The normalized spacial score (nSPS) is 27.9. The van der Waals surface area contributed by atoms with Crippen molar-refractivity contribution in [3.8, 4) is 0 Å². The number of aromatic amines is 1. The van der Waals surface area contributed by atoms with Crippen molar-refractivity contribution < 1.29 is 52.0 Å². The molecule has 1 unspecified atom stereocenters. The highest BCUT2D eigenvalue weighted by molar-refractivity contribution is 7.60. The summed E-state index contributed by atoms with van der Waals surface area (Å²) in [6.45, 7) is 0.256. The van der Waals surface area contributed by atoms with Gasteiger partial charge in [-0.05, 0) is 13.0 Å². The molecule has 1 aliphatic rings. The van der Waals surface area contributed by atoms with E-state index in [4.69, 9.17) is 14.5 Å². The molecule has 0 bridgehead atoms. The van der Waals surface area contributed by atoms with Gasteiger partial charge in [0, 0.05) is 17.0 Å². The zero-order chi connectivity index (χ0) is 24.3. The van der Waals surface area contributed by atoms with Crippen molar-refractivity contribution in [2.24, 2.45) is 0 Å². The number of H-pyrrole nitrogens is 1. The van der Waals surface area contributed by atoms with E-state index < -0.39 is 57.7 Å². The Morgan fingerprint density at radius 2 is 2.03 bits per heavy atom. The van der Waals surface area contributed by atoms with E-state index in [9.17, 15) is 33.4 Å². The molecule has 3 aromatic rings. The van der Waals surface area contributed by atoms with Crippen molar-refractivity contribution in [3.05, 3.63) is 34.6 Å². The van der Waals surface area contributed by atoms with Crippen LogP contribution in [0.5, 0.6) is 0 Å². The summed E-state index contributed by atoms with van der Waals surface area (Å²) in [4.78, 5) is 38.7. The number of rotatable bonds is 6. The van der Waals surface area contributed by atoms with Gasteiger partial charge in [-0.15, -0.1) is 0 Å². The summed E-state index contributed by atoms with van der Waals surface area (Å²) < 4.78 is 51.5. The Morgan fingerprint density at radius 1 is 1.33 bits per heavy atom. The van der Waals surface area contributed by atoms with Crippen molar-refractivity contribution in [1.82, 2.24) is 20.0 Å². The Bertz CT molecular complexity index is 1390. The van der Waals surface area contributed by atoms with E-state index in [1.807, 2.05) is 0 Å². The highest BCUT2D eigenvalue weighted by Gasteiger charge is 2.54. The van der Waals surface area contributed by atoms with Crippen LogP contribution in [0.15, 0.2) is 23.3 Å². The van der Waals surface area contributed by atoms with Gasteiger partial charge in [0.2, 0.25) is 0 Å². The number of nitrogens with zero attached hydrogens (tertiary/aromatic N) is 3. The van der Waals surface area contributed by atoms with Crippen LogP contribution in [0.1, 0.15) is 13.2 Å². The third kappa shape index (κ3) is 4.50. The Labute approximate surface area is 182 Å². The van der Waals surface area contributed by atoms with Crippen molar-refractivity contribution in [1.29, 1.82) is 0 Å². The van der Waals surface area contributed by atoms with Crippen LogP contribution in [0.2, 0.25) is 0 Å². The lowest BCUT2D eigenvalue weighted by atomic mass is 9.97. The molecule has 0 radical (unpaired) electrons. The van der Waals surface area contributed by atoms with Crippen LogP contribution in [0.3, 0.4) is 0 Å². The maximum absolute atomic E-state index is 14.4. The maximum atomic E-state index is 14.4. The van der Waals surface area contributed by atoms with Gasteiger partial charge in [-0.2, -0.15) is 14.5 Å². The minimum atomic E-state index is -5.36. The van der Waals surface area contributed by atoms with Gasteiger partial charge >= 0.3 is 15.6 Å². The number of phosphoric acid groups is 2. The standard InChI is InChI=1S/C15H17FN4O11P2/c1-15(23)12(21)9(5-29-33(27,28)31-32(24,25)26)30-14(15)20-4-6-2-7(16)11-10(6)8(19-20)3-17-18-13(11)22/h2-4,9,12,14,21,23H,5H2,1H3,(H,18,22)(H,27,28)(H2,24,25,26)/t9-,12-,14-,15-/m1/s1. The molecular weight excluding hydrogens is 493 g/mol. The van der Waals surface area contributed by atoms with Gasteiger partial charge in [0.25, 0.3) is 5.56 Å². The average molecular weight is 510 g/mol. The fourth-order valence-electron chi connectivity index (χ4n) is 3.59. The van der Waals surface area contributed by atoms with E-state index in [0.29, 0.717) is 0 Å². The van der Waals surface area contributed by atoms with Crippen molar-refractivity contribution in [2.45, 2.75) is 31.0 Å². The lowest BCUT2D eigenvalue weighted by Crippen LogP contribution is -2.44. The smallest absolute Gasteiger partial charge is 0.387 e. The highest BCUT2D eigenvalue weighted by atomic mass is 31.3. The third-order valence-electron chi connectivity index (χ3n) is 5.00. The quantitative estimate of drug-likeness (QED) is 0.233. The monoisotopic (exact) mass is 510 g/mol. The summed E-state index contributed by atoms with van der Waals surface area (Å²) in [7, 11) is -10.6. The molecule has 1 aromatic carbocycles. The van der Waals surface area contributed by atoms with Gasteiger partial charge in [0.05, 0.1) is 18.2 Å². The van der Waals surface area contributed by atoms with Crippen LogP contribution in [-0.4, -0.2) is 69.3 Å². The Balaban J connectivity index is 1.67. The average Bonchev–Trinajstić information content (AvgIpc) is 3.03. The molecule has 0 saturated carbocycles. The minimum Gasteiger partial charge on any atom is -0.387 e. The van der Waals surface area contributed by atoms with E-state index in [0.717, 1.165) is 16.9 Å². The second-order valence-corrected chi connectivity index (χ2v) is 10.3. The molecule has 0 amide bonds. The molecule has 0 spiro atoms. The van der Waals surface area contributed by atoms with Crippen LogP contribution in [0.25, 0.3) is 21.7 Å². The molecule has 5 atom stereocenters. The first kappa shape index (κ1) is 24.0. The van der Waals surface area contributed by atoms with Gasteiger partial charge < -0.3 is 29.6 Å². The number of phosphoric ester groups is 1. The van der Waals surface area contributed by atoms with Crippen molar-refractivity contribution in [3.63, 3.8) is 0 Å². The predicted octanol–water partition coefficient (Wildman–Crippen LogP) is -0.353. The fourth-order valence-corrected chi connectivity index (χ4v) is 5.19. The molecule has 3 heterocycles. The van der Waals surface area contributed by atoms with Crippen LogP contribution in [0, 0.1) is 5.82 Å². The number of aromatic nitrogens is 4. The van der Waals surface area contributed by atoms with Crippen molar-refractivity contribution >= 4 is 37.3 Å². The van der Waals surface area contributed by atoms with Crippen molar-refractivity contribution in [2.75, 3.05) is 6.61 Å². The van der Waals surface area contributed by atoms with E-state index in [2.05, 4.69) is 24.1 Å². The molecule has 4 rings (SSSR count). The summed E-state index contributed by atoms with van der Waals surface area (Å²) in [5, 5.41) is 31.3. The molecule has 18 heteroatoms. The second-order valence-electron chi connectivity index (χ2n) is 7.43. The summed E-state index contributed by atoms with van der Waals surface area (Å²) >= 11 is 0. The number of ether oxygens (including phenoxy) is 1. The first-order valence-corrected chi connectivity index (χ1v) is 12.1. The lowest BCUT2D eigenvalue weighted by molar-refractivity contribution is -0.102. The van der Waals surface area contributed by atoms with E-state index in [1.165, 1.54) is 13.1 Å². The Morgan fingerprint density at radius 3 is 2.70 bits per heavy atom. The van der Waals surface area contributed by atoms with E-state index in [1.54, 1.807) is 0 Å². The summed E-state index contributed by atoms with van der Waals surface area (Å²) in [5.74, 6) is -0.831. The summed E-state index contributed by atoms with van der Waals surface area (Å²) in [6, 6.07) is 1.06. The van der Waals surface area contributed by atoms with Crippen LogP contribution in [0.4, 0.5) is 4.39 Å². The number of nitrogens with one attached hydrogen (secondary N) is 1. The Kier molecular flexibility index (Phi) is 5.82. The third-order valence-corrected chi connectivity index (χ3v) is 7.15. The van der Waals surface area contributed by atoms with E-state index in [-0.39, 0.29) is 21.7 Å². The van der Waals surface area contributed by atoms with Crippen LogP contribution >= 0.6 is 15.6 Å². The number of hydrogen-bond donors (Lipinski definition) is 6. The highest BCUT2D eigenvalue weighted by Crippen LogP contribution is 2.57. The number of hydrogen-bond acceptors (Lipinski definition) is 10. The topological polar surface area (TPSA) is 227 Å².